The molecule has 0 fully saturated rings. The second kappa shape index (κ2) is 12.6. The van der Waals surface area contributed by atoms with Crippen molar-refractivity contribution in [1.82, 2.24) is 25.1 Å². The molecular formula is C34H37N5O2. The number of pyridine rings is 2. The largest absolute Gasteiger partial charge is 0.465 e. The summed E-state index contributed by atoms with van der Waals surface area (Å²) >= 11 is 0. The Morgan fingerprint density at radius 1 is 0.878 bits per heavy atom. The molecule has 2 aromatic heterocycles. The van der Waals surface area contributed by atoms with E-state index in [1.54, 1.807) is 4.90 Å². The summed E-state index contributed by atoms with van der Waals surface area (Å²) in [5.74, 6) is 0. The van der Waals surface area contributed by atoms with E-state index in [-0.39, 0.29) is 12.1 Å². The normalized spacial score (nSPS) is 18.1. The number of hydrogen-bond donors (Lipinski definition) is 2. The molecule has 0 saturated carbocycles. The Morgan fingerprint density at radius 2 is 1.63 bits per heavy atom. The van der Waals surface area contributed by atoms with Crippen LogP contribution in [0, 0.1) is 0 Å². The van der Waals surface area contributed by atoms with Crippen LogP contribution in [0.5, 0.6) is 0 Å². The van der Waals surface area contributed by atoms with Crippen LogP contribution < -0.4 is 5.32 Å². The molecule has 210 valence electrons. The van der Waals surface area contributed by atoms with Crippen molar-refractivity contribution in [1.29, 1.82) is 0 Å². The highest BCUT2D eigenvalue weighted by molar-refractivity contribution is 5.66. The van der Waals surface area contributed by atoms with Crippen molar-refractivity contribution >= 4 is 6.09 Å². The molecule has 2 aliphatic rings. The summed E-state index contributed by atoms with van der Waals surface area (Å²) in [6, 6.07) is 27.2. The Balaban J connectivity index is 1.21. The molecule has 0 bridgehead atoms. The third-order valence-electron chi connectivity index (χ3n) is 8.42. The summed E-state index contributed by atoms with van der Waals surface area (Å²) in [4.78, 5) is 25.7. The number of fused-ring (bicyclic) bond motifs is 2. The Morgan fingerprint density at radius 3 is 2.44 bits per heavy atom. The Hall–Kier alpha value is -4.07. The van der Waals surface area contributed by atoms with Gasteiger partial charge in [-0.1, -0.05) is 60.7 Å². The molecule has 4 aromatic rings. The average molecular weight is 548 g/mol. The van der Waals surface area contributed by atoms with E-state index < -0.39 is 6.09 Å². The van der Waals surface area contributed by atoms with Gasteiger partial charge >= 0.3 is 6.09 Å². The van der Waals surface area contributed by atoms with Gasteiger partial charge in [0.1, 0.15) is 0 Å². The molecular weight excluding hydrogens is 510 g/mol. The zero-order chi connectivity index (χ0) is 28.0. The number of carboxylic acid groups (broad SMARTS) is 1. The molecule has 2 atom stereocenters. The third-order valence-corrected chi connectivity index (χ3v) is 8.42. The number of nitrogens with zero attached hydrogens (tertiary/aromatic N) is 4. The standard InChI is InChI=1S/C34H37N5O2/c40-34(41)39-23-29-8-2-1-7-28(29)19-31(39)24-38(32-12-5-9-27-10-6-18-37-33(27)32)22-26-15-13-25(14-16-26)20-35-21-30-11-3-4-17-36-30/h1-4,6-8,10-11,13-18,31-32,35H,5,9,12,19-24H2,(H,40,41). The van der Waals surface area contributed by atoms with Gasteiger partial charge in [-0.05, 0) is 71.7 Å². The van der Waals surface area contributed by atoms with Crippen molar-refractivity contribution < 1.29 is 9.90 Å². The summed E-state index contributed by atoms with van der Waals surface area (Å²) in [6.07, 6.45) is 6.76. The Kier molecular flexibility index (Phi) is 8.35. The number of nitrogens with one attached hydrogen (secondary N) is 1. The SMILES string of the molecule is O=C(O)N1Cc2ccccc2CC1CN(Cc1ccc(CNCc2ccccn2)cc1)C1CCCc2cccnc21. The van der Waals surface area contributed by atoms with Gasteiger partial charge in [0.25, 0.3) is 0 Å². The van der Waals surface area contributed by atoms with E-state index in [4.69, 9.17) is 4.98 Å². The first kappa shape index (κ1) is 27.1. The van der Waals surface area contributed by atoms with Crippen molar-refractivity contribution in [2.24, 2.45) is 0 Å². The summed E-state index contributed by atoms with van der Waals surface area (Å²) in [7, 11) is 0. The monoisotopic (exact) mass is 547 g/mol. The molecule has 1 amide bonds. The smallest absolute Gasteiger partial charge is 0.407 e. The Labute approximate surface area is 241 Å². The number of amides is 1. The molecule has 2 aromatic carbocycles. The van der Waals surface area contributed by atoms with E-state index in [2.05, 4.69) is 57.7 Å². The lowest BCUT2D eigenvalue weighted by atomic mass is 9.89. The maximum atomic E-state index is 12.4. The fourth-order valence-corrected chi connectivity index (χ4v) is 6.32. The first-order valence-corrected chi connectivity index (χ1v) is 14.6. The van der Waals surface area contributed by atoms with Crippen LogP contribution >= 0.6 is 0 Å². The van der Waals surface area contributed by atoms with Gasteiger partial charge in [0, 0.05) is 45.1 Å². The van der Waals surface area contributed by atoms with E-state index in [9.17, 15) is 9.90 Å². The first-order valence-electron chi connectivity index (χ1n) is 14.6. The van der Waals surface area contributed by atoms with Crippen LogP contribution in [-0.2, 0) is 39.0 Å². The molecule has 0 spiro atoms. The van der Waals surface area contributed by atoms with E-state index in [1.165, 1.54) is 22.3 Å². The number of aryl methyl sites for hydroxylation is 1. The predicted octanol–water partition coefficient (Wildman–Crippen LogP) is 5.75. The fraction of sp³-hybridized carbons (Fsp3) is 0.324. The van der Waals surface area contributed by atoms with Gasteiger partial charge in [0.2, 0.25) is 0 Å². The van der Waals surface area contributed by atoms with Gasteiger partial charge in [-0.25, -0.2) is 4.79 Å². The lowest BCUT2D eigenvalue weighted by molar-refractivity contribution is 0.0755. The molecule has 0 saturated heterocycles. The van der Waals surface area contributed by atoms with Gasteiger partial charge in [-0.15, -0.1) is 0 Å². The number of hydrogen-bond acceptors (Lipinski definition) is 5. The lowest BCUT2D eigenvalue weighted by Crippen LogP contribution is -2.50. The quantitative estimate of drug-likeness (QED) is 0.278. The molecule has 6 rings (SSSR count). The minimum Gasteiger partial charge on any atom is -0.465 e. The summed E-state index contributed by atoms with van der Waals surface area (Å²) < 4.78 is 0. The third kappa shape index (κ3) is 6.47. The molecule has 2 unspecified atom stereocenters. The number of aromatic nitrogens is 2. The highest BCUT2D eigenvalue weighted by Gasteiger charge is 2.34. The molecule has 2 N–H and O–H groups in total. The topological polar surface area (TPSA) is 81.6 Å². The van der Waals surface area contributed by atoms with Crippen LogP contribution in [0.2, 0.25) is 0 Å². The van der Waals surface area contributed by atoms with Crippen LogP contribution in [0.3, 0.4) is 0 Å². The summed E-state index contributed by atoms with van der Waals surface area (Å²) in [6.45, 7) is 3.34. The average Bonchev–Trinajstić information content (AvgIpc) is 3.01. The van der Waals surface area contributed by atoms with E-state index in [0.717, 1.165) is 62.3 Å². The van der Waals surface area contributed by atoms with Crippen molar-refractivity contribution in [2.45, 2.75) is 63.9 Å². The van der Waals surface area contributed by atoms with Crippen LogP contribution in [0.15, 0.2) is 91.3 Å². The highest BCUT2D eigenvalue weighted by Crippen LogP contribution is 2.35. The first-order chi connectivity index (χ1) is 20.1. The van der Waals surface area contributed by atoms with Crippen molar-refractivity contribution in [3.05, 3.63) is 130 Å². The van der Waals surface area contributed by atoms with Crippen LogP contribution in [0.1, 0.15) is 58.1 Å². The molecule has 0 radical (unpaired) electrons. The van der Waals surface area contributed by atoms with Crippen molar-refractivity contribution in [3.8, 4) is 0 Å². The maximum Gasteiger partial charge on any atom is 0.407 e. The van der Waals surface area contributed by atoms with Gasteiger partial charge in [-0.3, -0.25) is 19.8 Å². The predicted molar refractivity (Wildman–Crippen MR) is 159 cm³/mol. The molecule has 1 aliphatic heterocycles. The van der Waals surface area contributed by atoms with Crippen LogP contribution in [0.25, 0.3) is 0 Å². The summed E-state index contributed by atoms with van der Waals surface area (Å²) in [5.41, 5.74) is 8.29. The molecule has 3 heterocycles. The van der Waals surface area contributed by atoms with Crippen molar-refractivity contribution in [3.63, 3.8) is 0 Å². The highest BCUT2D eigenvalue weighted by atomic mass is 16.4. The number of carbonyl (C=O) groups is 1. The molecule has 1 aliphatic carbocycles. The lowest BCUT2D eigenvalue weighted by Gasteiger charge is -2.41. The second-order valence-electron chi connectivity index (χ2n) is 11.2. The molecule has 7 heteroatoms. The number of rotatable bonds is 9. The van der Waals surface area contributed by atoms with Gasteiger partial charge in [0.05, 0.1) is 23.5 Å². The van der Waals surface area contributed by atoms with E-state index >= 15 is 0 Å². The number of benzene rings is 2. The van der Waals surface area contributed by atoms with Gasteiger partial charge < -0.3 is 10.4 Å². The minimum absolute atomic E-state index is 0.119. The van der Waals surface area contributed by atoms with E-state index in [0.29, 0.717) is 13.1 Å². The second-order valence-corrected chi connectivity index (χ2v) is 11.2. The zero-order valence-electron chi connectivity index (χ0n) is 23.3. The van der Waals surface area contributed by atoms with Gasteiger partial charge in [-0.2, -0.15) is 0 Å². The maximum absolute atomic E-state index is 12.4. The summed E-state index contributed by atoms with van der Waals surface area (Å²) in [5, 5.41) is 13.6. The minimum atomic E-state index is -0.853. The van der Waals surface area contributed by atoms with Crippen LogP contribution in [-0.4, -0.2) is 43.6 Å². The van der Waals surface area contributed by atoms with E-state index in [1.807, 2.05) is 48.8 Å². The van der Waals surface area contributed by atoms with Crippen molar-refractivity contribution in [2.75, 3.05) is 6.54 Å². The zero-order valence-corrected chi connectivity index (χ0v) is 23.3. The van der Waals surface area contributed by atoms with Gasteiger partial charge in [0.15, 0.2) is 0 Å². The molecule has 7 nitrogen and oxygen atoms in total. The van der Waals surface area contributed by atoms with Crippen LogP contribution in [0.4, 0.5) is 4.79 Å². The molecule has 41 heavy (non-hydrogen) atoms. The Bertz CT molecular complexity index is 1460. The fourth-order valence-electron chi connectivity index (χ4n) is 6.32.